The molecule has 0 saturated heterocycles. The van der Waals surface area contributed by atoms with Gasteiger partial charge in [0, 0.05) is 40.4 Å². The van der Waals surface area contributed by atoms with E-state index in [9.17, 15) is 4.79 Å². The quantitative estimate of drug-likeness (QED) is 0.572. The number of hydrogen-bond donors (Lipinski definition) is 2. The van der Waals surface area contributed by atoms with Crippen molar-refractivity contribution in [2.24, 2.45) is 7.05 Å². The van der Waals surface area contributed by atoms with Crippen LogP contribution in [-0.4, -0.2) is 20.7 Å². The molecule has 6 heteroatoms. The third-order valence-electron chi connectivity index (χ3n) is 4.04. The summed E-state index contributed by atoms with van der Waals surface area (Å²) in [4.78, 5) is 15.7. The lowest BCUT2D eigenvalue weighted by Crippen LogP contribution is -2.15. The number of fused-ring (bicyclic) bond motifs is 1. The van der Waals surface area contributed by atoms with Crippen LogP contribution in [0.1, 0.15) is 10.5 Å². The number of carbonyl (C=O) groups is 1. The number of carbonyl (C=O) groups excluding carboxylic acids is 1. The zero-order valence-corrected chi connectivity index (χ0v) is 14.2. The van der Waals surface area contributed by atoms with Gasteiger partial charge in [-0.25, -0.2) is 0 Å². The van der Waals surface area contributed by atoms with Gasteiger partial charge in [0.15, 0.2) is 0 Å². The van der Waals surface area contributed by atoms with Gasteiger partial charge < -0.3 is 10.3 Å². The minimum Gasteiger partial charge on any atom is -0.361 e. The van der Waals surface area contributed by atoms with E-state index in [2.05, 4.69) is 15.4 Å². The van der Waals surface area contributed by atoms with E-state index in [1.807, 2.05) is 48.7 Å². The van der Waals surface area contributed by atoms with E-state index in [4.69, 9.17) is 11.6 Å². The number of nitrogens with one attached hydrogen (secondary N) is 2. The second-order valence-electron chi connectivity index (χ2n) is 5.78. The second kappa shape index (κ2) is 6.11. The summed E-state index contributed by atoms with van der Waals surface area (Å²) in [6.45, 7) is 0. The Morgan fingerprint density at radius 2 is 2.04 bits per heavy atom. The molecule has 0 atom stereocenters. The number of aromatic amines is 1. The summed E-state index contributed by atoms with van der Waals surface area (Å²) in [6.07, 6.45) is 1.87. The minimum absolute atomic E-state index is 0.210. The number of anilines is 1. The van der Waals surface area contributed by atoms with Gasteiger partial charge in [-0.1, -0.05) is 23.7 Å². The average molecular weight is 351 g/mol. The van der Waals surface area contributed by atoms with Crippen LogP contribution in [-0.2, 0) is 7.05 Å². The molecule has 0 unspecified atom stereocenters. The number of benzene rings is 2. The third kappa shape index (κ3) is 3.02. The Balaban J connectivity index is 1.61. The molecule has 2 heterocycles. The first-order valence-corrected chi connectivity index (χ1v) is 8.16. The maximum atomic E-state index is 12.6. The standard InChI is InChI=1S/C19H15ClN4O/c1-24-18(11-17(23-24)12-3-2-4-14(20)9-12)19(25)22-15-5-6-16-13(10-15)7-8-21-16/h2-11,21H,1H3,(H,22,25). The average Bonchev–Trinajstić information content (AvgIpc) is 3.20. The zero-order valence-electron chi connectivity index (χ0n) is 13.5. The molecule has 124 valence electrons. The van der Waals surface area contributed by atoms with Gasteiger partial charge in [-0.2, -0.15) is 5.10 Å². The van der Waals surface area contributed by atoms with Crippen LogP contribution in [0.25, 0.3) is 22.2 Å². The molecule has 2 aromatic heterocycles. The fraction of sp³-hybridized carbons (Fsp3) is 0.0526. The van der Waals surface area contributed by atoms with E-state index >= 15 is 0 Å². The molecule has 0 aliphatic heterocycles. The molecule has 2 aromatic carbocycles. The number of halogens is 1. The fourth-order valence-corrected chi connectivity index (χ4v) is 2.99. The van der Waals surface area contributed by atoms with Crippen molar-refractivity contribution in [3.05, 3.63) is 71.5 Å². The third-order valence-corrected chi connectivity index (χ3v) is 4.28. The largest absolute Gasteiger partial charge is 0.361 e. The maximum absolute atomic E-state index is 12.6. The molecule has 5 nitrogen and oxygen atoms in total. The van der Waals surface area contributed by atoms with Crippen LogP contribution in [0.3, 0.4) is 0 Å². The van der Waals surface area contributed by atoms with Gasteiger partial charge in [0.25, 0.3) is 5.91 Å². The Morgan fingerprint density at radius 3 is 2.88 bits per heavy atom. The monoisotopic (exact) mass is 350 g/mol. The van der Waals surface area contributed by atoms with Gasteiger partial charge in [-0.3, -0.25) is 9.48 Å². The van der Waals surface area contributed by atoms with Crippen LogP contribution in [0.5, 0.6) is 0 Å². The Kier molecular flexibility index (Phi) is 3.78. The molecule has 0 radical (unpaired) electrons. The van der Waals surface area contributed by atoms with Gasteiger partial charge in [0.1, 0.15) is 5.69 Å². The summed E-state index contributed by atoms with van der Waals surface area (Å²) in [6, 6.07) is 16.9. The zero-order chi connectivity index (χ0) is 17.4. The number of rotatable bonds is 3. The summed E-state index contributed by atoms with van der Waals surface area (Å²) < 4.78 is 1.57. The van der Waals surface area contributed by atoms with E-state index in [1.165, 1.54) is 0 Å². The SMILES string of the molecule is Cn1nc(-c2cccc(Cl)c2)cc1C(=O)Nc1ccc2[nH]ccc2c1. The van der Waals surface area contributed by atoms with Gasteiger partial charge >= 0.3 is 0 Å². The van der Waals surface area contributed by atoms with Crippen molar-refractivity contribution in [1.29, 1.82) is 0 Å². The predicted molar refractivity (Wildman–Crippen MR) is 99.9 cm³/mol. The normalized spacial score (nSPS) is 11.0. The van der Waals surface area contributed by atoms with E-state index in [0.29, 0.717) is 16.4 Å². The van der Waals surface area contributed by atoms with Crippen LogP contribution >= 0.6 is 11.6 Å². The highest BCUT2D eigenvalue weighted by atomic mass is 35.5. The first-order chi connectivity index (χ1) is 12.1. The predicted octanol–water partition coefficient (Wildman–Crippen LogP) is 4.47. The van der Waals surface area contributed by atoms with Gasteiger partial charge in [0.2, 0.25) is 0 Å². The van der Waals surface area contributed by atoms with Crippen LogP contribution < -0.4 is 5.32 Å². The molecule has 4 aromatic rings. The highest BCUT2D eigenvalue weighted by Gasteiger charge is 2.15. The first kappa shape index (κ1) is 15.5. The summed E-state index contributed by atoms with van der Waals surface area (Å²) in [5.41, 5.74) is 3.82. The van der Waals surface area contributed by atoms with E-state index in [1.54, 1.807) is 23.9 Å². The molecule has 2 N–H and O–H groups in total. The van der Waals surface area contributed by atoms with Crippen LogP contribution in [0.4, 0.5) is 5.69 Å². The lowest BCUT2D eigenvalue weighted by Gasteiger charge is -2.05. The van der Waals surface area contributed by atoms with Crippen LogP contribution in [0.15, 0.2) is 60.8 Å². The first-order valence-electron chi connectivity index (χ1n) is 7.78. The summed E-state index contributed by atoms with van der Waals surface area (Å²) in [5.74, 6) is -0.210. The van der Waals surface area contributed by atoms with Crippen molar-refractivity contribution in [3.8, 4) is 11.3 Å². The Bertz CT molecular complexity index is 1080. The van der Waals surface area contributed by atoms with Crippen molar-refractivity contribution in [2.75, 3.05) is 5.32 Å². The van der Waals surface area contributed by atoms with Crippen LogP contribution in [0.2, 0.25) is 5.02 Å². The molecule has 0 spiro atoms. The molecule has 1 amide bonds. The lowest BCUT2D eigenvalue weighted by atomic mass is 10.1. The molecule has 0 aliphatic carbocycles. The molecule has 0 fully saturated rings. The van der Waals surface area contributed by atoms with Gasteiger partial charge in [-0.15, -0.1) is 0 Å². The number of amides is 1. The molecule has 0 bridgehead atoms. The maximum Gasteiger partial charge on any atom is 0.273 e. The molecular formula is C19H15ClN4O. The van der Waals surface area contributed by atoms with Gasteiger partial charge in [-0.05, 0) is 42.5 Å². The Morgan fingerprint density at radius 1 is 1.16 bits per heavy atom. The summed E-state index contributed by atoms with van der Waals surface area (Å²) in [5, 5.41) is 9.01. The van der Waals surface area contributed by atoms with Crippen molar-refractivity contribution < 1.29 is 4.79 Å². The fourth-order valence-electron chi connectivity index (χ4n) is 2.79. The highest BCUT2D eigenvalue weighted by molar-refractivity contribution is 6.30. The molecule has 0 saturated carbocycles. The van der Waals surface area contributed by atoms with Gasteiger partial charge in [0.05, 0.1) is 5.69 Å². The number of hydrogen-bond acceptors (Lipinski definition) is 2. The summed E-state index contributed by atoms with van der Waals surface area (Å²) >= 11 is 6.03. The number of H-pyrrole nitrogens is 1. The molecular weight excluding hydrogens is 336 g/mol. The smallest absolute Gasteiger partial charge is 0.273 e. The molecule has 0 aliphatic rings. The van der Waals surface area contributed by atoms with E-state index < -0.39 is 0 Å². The Labute approximate surface area is 149 Å². The lowest BCUT2D eigenvalue weighted by molar-refractivity contribution is 0.101. The van der Waals surface area contributed by atoms with Crippen molar-refractivity contribution >= 4 is 34.1 Å². The Hall–Kier alpha value is -3.05. The molecule has 4 rings (SSSR count). The second-order valence-corrected chi connectivity index (χ2v) is 6.22. The topological polar surface area (TPSA) is 62.7 Å². The number of nitrogens with zero attached hydrogens (tertiary/aromatic N) is 2. The van der Waals surface area contributed by atoms with E-state index in [0.717, 1.165) is 22.2 Å². The number of aryl methyl sites for hydroxylation is 1. The van der Waals surface area contributed by atoms with Crippen LogP contribution in [0, 0.1) is 0 Å². The van der Waals surface area contributed by atoms with Crippen molar-refractivity contribution in [3.63, 3.8) is 0 Å². The number of aromatic nitrogens is 3. The van der Waals surface area contributed by atoms with E-state index in [-0.39, 0.29) is 5.91 Å². The van der Waals surface area contributed by atoms with Crippen molar-refractivity contribution in [1.82, 2.24) is 14.8 Å². The molecule has 25 heavy (non-hydrogen) atoms. The highest BCUT2D eigenvalue weighted by Crippen LogP contribution is 2.23. The minimum atomic E-state index is -0.210. The summed E-state index contributed by atoms with van der Waals surface area (Å²) in [7, 11) is 1.75. The van der Waals surface area contributed by atoms with Crippen molar-refractivity contribution in [2.45, 2.75) is 0 Å².